The second kappa shape index (κ2) is 14.4. The topological polar surface area (TPSA) is 159 Å². The lowest BCUT2D eigenvalue weighted by atomic mass is 9.94. The second-order valence-corrected chi connectivity index (χ2v) is 20.1. The summed E-state index contributed by atoms with van der Waals surface area (Å²) in [6.45, 7) is 11.3. The molecule has 0 aliphatic rings. The zero-order valence-corrected chi connectivity index (χ0v) is 26.6. The molecule has 0 unspecified atom stereocenters. The van der Waals surface area contributed by atoms with Crippen molar-refractivity contribution in [1.82, 2.24) is 10.6 Å². The maximum Gasteiger partial charge on any atom is 0.336 e. The van der Waals surface area contributed by atoms with E-state index in [2.05, 4.69) is 36.8 Å². The molecule has 0 atom stereocenters. The molecule has 0 spiro atoms. The lowest BCUT2D eigenvalue weighted by Gasteiger charge is -2.34. The van der Waals surface area contributed by atoms with Gasteiger partial charge in [-0.2, -0.15) is 0 Å². The highest BCUT2D eigenvalue weighted by molar-refractivity contribution is 6.84. The summed E-state index contributed by atoms with van der Waals surface area (Å²) in [6, 6.07) is 9.26. The van der Waals surface area contributed by atoms with Gasteiger partial charge >= 0.3 is 11.9 Å². The van der Waals surface area contributed by atoms with E-state index in [1.807, 2.05) is 7.05 Å². The van der Waals surface area contributed by atoms with Gasteiger partial charge in [-0.25, -0.2) is 9.59 Å². The molecule has 2 rings (SSSR count). The van der Waals surface area contributed by atoms with Crippen molar-refractivity contribution in [2.24, 2.45) is 0 Å². The Morgan fingerprint density at radius 3 is 1.71 bits per heavy atom. The predicted molar refractivity (Wildman–Crippen MR) is 161 cm³/mol. The van der Waals surface area contributed by atoms with Crippen LogP contribution in [-0.4, -0.2) is 76.4 Å². The Morgan fingerprint density at radius 1 is 0.732 bits per heavy atom. The van der Waals surface area contributed by atoms with Crippen molar-refractivity contribution in [3.05, 3.63) is 69.8 Å². The van der Waals surface area contributed by atoms with E-state index in [1.165, 1.54) is 31.2 Å². The van der Waals surface area contributed by atoms with E-state index in [9.17, 15) is 34.2 Å². The van der Waals surface area contributed by atoms with E-state index in [0.717, 1.165) is 37.2 Å². The zero-order valence-electron chi connectivity index (χ0n) is 24.6. The van der Waals surface area contributed by atoms with E-state index in [4.69, 9.17) is 4.12 Å². The maximum absolute atomic E-state index is 13.1. The Balaban J connectivity index is 2.11. The first kappa shape index (κ1) is 33.7. The fraction of sp³-hybridized carbons (Fsp3) is 0.414. The van der Waals surface area contributed by atoms with Gasteiger partial charge in [-0.05, 0) is 95.9 Å². The molecular formula is C29H40N2O8Si2. The number of Topliss-reactive ketones (excluding diaryl/α,β-unsaturated/α-hetero) is 1. The molecule has 0 bridgehead atoms. The Kier molecular flexibility index (Phi) is 11.9. The molecule has 2 aromatic carbocycles. The van der Waals surface area contributed by atoms with Crippen molar-refractivity contribution in [1.29, 1.82) is 0 Å². The SMILES string of the molecule is CNCCC[Si](C)(C)O[Si](C)(C)CCCNC(=O)c1ccc(C(=O)c2ccc(C(=O)O)c(C(C)=O)c2)cc1C(=O)O. The summed E-state index contributed by atoms with van der Waals surface area (Å²) in [5, 5.41) is 25.0. The normalized spacial score (nSPS) is 11.7. The van der Waals surface area contributed by atoms with Gasteiger partial charge in [0.05, 0.1) is 16.7 Å². The number of hydrogen-bond donors (Lipinski definition) is 4. The first-order valence-electron chi connectivity index (χ1n) is 13.5. The standard InChI is InChI=1S/C29H40N2O8Si2/c1-19(32)24-17-20(10-12-23(24)28(35)36)26(33)21-9-11-22(25(18-21)29(37)38)27(34)31-14-8-16-41(5,6)39-40(3,4)15-7-13-30-2/h9-12,17-18,30H,7-8,13-16H2,1-6H3,(H,31,34)(H,35,36)(H,37,38). The van der Waals surface area contributed by atoms with Crippen LogP contribution in [0.2, 0.25) is 38.3 Å². The smallest absolute Gasteiger partial charge is 0.336 e. The average molecular weight is 601 g/mol. The first-order valence-corrected chi connectivity index (χ1v) is 19.7. The third-order valence-electron chi connectivity index (χ3n) is 6.65. The largest absolute Gasteiger partial charge is 0.478 e. The molecule has 1 amide bonds. The summed E-state index contributed by atoms with van der Waals surface area (Å²) in [5.74, 6) is -4.37. The molecule has 222 valence electrons. The van der Waals surface area contributed by atoms with Gasteiger partial charge in [-0.1, -0.05) is 12.1 Å². The number of hydrogen-bond acceptors (Lipinski definition) is 7. The number of carbonyl (C=O) groups excluding carboxylic acids is 3. The van der Waals surface area contributed by atoms with Crippen molar-refractivity contribution in [2.45, 2.75) is 58.0 Å². The summed E-state index contributed by atoms with van der Waals surface area (Å²) in [4.78, 5) is 61.2. The number of ketones is 2. The van der Waals surface area contributed by atoms with Gasteiger partial charge in [0.1, 0.15) is 0 Å². The van der Waals surface area contributed by atoms with E-state index in [-0.39, 0.29) is 33.4 Å². The lowest BCUT2D eigenvalue weighted by Crippen LogP contribution is -2.44. The molecule has 0 aliphatic carbocycles. The molecule has 41 heavy (non-hydrogen) atoms. The third kappa shape index (κ3) is 9.85. The van der Waals surface area contributed by atoms with Crippen molar-refractivity contribution in [3.63, 3.8) is 0 Å². The molecule has 0 fully saturated rings. The number of carbonyl (C=O) groups is 5. The second-order valence-electron chi connectivity index (χ2n) is 11.2. The number of carboxylic acids is 2. The number of carboxylic acid groups (broad SMARTS) is 2. The highest BCUT2D eigenvalue weighted by atomic mass is 28.4. The molecule has 0 aliphatic heterocycles. The monoisotopic (exact) mass is 600 g/mol. The Labute approximate surface area is 242 Å². The summed E-state index contributed by atoms with van der Waals surface area (Å²) in [7, 11) is -1.80. The van der Waals surface area contributed by atoms with Crippen LogP contribution in [0.15, 0.2) is 36.4 Å². The van der Waals surface area contributed by atoms with Crippen molar-refractivity contribution in [2.75, 3.05) is 20.1 Å². The van der Waals surface area contributed by atoms with Gasteiger partial charge in [0.2, 0.25) is 0 Å². The molecule has 0 aromatic heterocycles. The number of benzene rings is 2. The molecule has 0 saturated carbocycles. The van der Waals surface area contributed by atoms with Crippen molar-refractivity contribution < 1.29 is 38.3 Å². The van der Waals surface area contributed by atoms with Gasteiger partial charge in [0.25, 0.3) is 5.91 Å². The highest BCUT2D eigenvalue weighted by Gasteiger charge is 2.32. The molecule has 4 N–H and O–H groups in total. The quantitative estimate of drug-likeness (QED) is 0.122. The van der Waals surface area contributed by atoms with Crippen molar-refractivity contribution in [3.8, 4) is 0 Å². The van der Waals surface area contributed by atoms with Crippen LogP contribution in [-0.2, 0) is 4.12 Å². The van der Waals surface area contributed by atoms with Gasteiger partial charge in [-0.15, -0.1) is 0 Å². The summed E-state index contributed by atoms with van der Waals surface area (Å²) >= 11 is 0. The van der Waals surface area contributed by atoms with Gasteiger partial charge < -0.3 is 25.0 Å². The van der Waals surface area contributed by atoms with Gasteiger partial charge in [-0.3, -0.25) is 14.4 Å². The Morgan fingerprint density at radius 2 is 1.22 bits per heavy atom. The minimum absolute atomic E-state index is 0.0112. The predicted octanol–water partition coefficient (Wildman–Crippen LogP) is 4.67. The molecule has 0 saturated heterocycles. The lowest BCUT2D eigenvalue weighted by molar-refractivity contribution is 0.0682. The van der Waals surface area contributed by atoms with Crippen LogP contribution in [0.1, 0.15) is 77.1 Å². The maximum atomic E-state index is 13.1. The van der Waals surface area contributed by atoms with Crippen molar-refractivity contribution >= 4 is 46.0 Å². The van der Waals surface area contributed by atoms with Crippen LogP contribution in [0.3, 0.4) is 0 Å². The highest BCUT2D eigenvalue weighted by Crippen LogP contribution is 2.24. The van der Waals surface area contributed by atoms with Crippen LogP contribution >= 0.6 is 0 Å². The average Bonchev–Trinajstić information content (AvgIpc) is 2.89. The van der Waals surface area contributed by atoms with Crippen LogP contribution in [0.5, 0.6) is 0 Å². The van der Waals surface area contributed by atoms with E-state index >= 15 is 0 Å². The van der Waals surface area contributed by atoms with E-state index < -0.39 is 46.0 Å². The fourth-order valence-corrected chi connectivity index (χ4v) is 13.6. The Bertz CT molecular complexity index is 1320. The number of amides is 1. The van der Waals surface area contributed by atoms with E-state index in [0.29, 0.717) is 13.0 Å². The minimum Gasteiger partial charge on any atom is -0.478 e. The molecule has 0 radical (unpaired) electrons. The number of nitrogens with one attached hydrogen (secondary N) is 2. The van der Waals surface area contributed by atoms with Gasteiger partial charge in [0, 0.05) is 23.2 Å². The van der Waals surface area contributed by atoms with Crippen LogP contribution in [0.25, 0.3) is 0 Å². The fourth-order valence-electron chi connectivity index (χ4n) is 4.74. The molecule has 10 nitrogen and oxygen atoms in total. The van der Waals surface area contributed by atoms with E-state index in [1.54, 1.807) is 0 Å². The molecular weight excluding hydrogens is 560 g/mol. The number of rotatable bonds is 16. The van der Waals surface area contributed by atoms with Crippen LogP contribution in [0.4, 0.5) is 0 Å². The summed E-state index contributed by atoms with van der Waals surface area (Å²) < 4.78 is 6.60. The summed E-state index contributed by atoms with van der Waals surface area (Å²) in [6.07, 6.45) is 1.76. The van der Waals surface area contributed by atoms with Crippen LogP contribution in [0, 0.1) is 0 Å². The molecule has 2 aromatic rings. The molecule has 0 heterocycles. The minimum atomic E-state index is -1.95. The zero-order chi connectivity index (χ0) is 31.0. The van der Waals surface area contributed by atoms with Gasteiger partial charge in [0.15, 0.2) is 28.2 Å². The third-order valence-corrected chi connectivity index (χ3v) is 14.2. The number of aromatic carboxylic acids is 2. The van der Waals surface area contributed by atoms with Crippen LogP contribution < -0.4 is 10.6 Å². The summed E-state index contributed by atoms with van der Waals surface area (Å²) in [5.41, 5.74) is -0.770. The first-order chi connectivity index (χ1) is 19.1. The molecule has 12 heteroatoms. The Hall–Kier alpha value is -3.46.